The summed E-state index contributed by atoms with van der Waals surface area (Å²) in [6.45, 7) is 2.08. The Labute approximate surface area is 107 Å². The van der Waals surface area contributed by atoms with Crippen LogP contribution in [0.25, 0.3) is 0 Å². The van der Waals surface area contributed by atoms with Crippen molar-refractivity contribution in [2.24, 2.45) is 5.73 Å². The summed E-state index contributed by atoms with van der Waals surface area (Å²) in [5.41, 5.74) is 5.65. The molecule has 17 heavy (non-hydrogen) atoms. The van der Waals surface area contributed by atoms with Crippen LogP contribution in [-0.2, 0) is 19.0 Å². The quantitative estimate of drug-likeness (QED) is 0.437. The van der Waals surface area contributed by atoms with Gasteiger partial charge >= 0.3 is 5.97 Å². The number of hydrogen-bond acceptors (Lipinski definition) is 6. The van der Waals surface area contributed by atoms with Crippen LogP contribution >= 0.6 is 11.8 Å². The highest BCUT2D eigenvalue weighted by Crippen LogP contribution is 2.00. The Hall–Kier alpha value is -0.300. The van der Waals surface area contributed by atoms with E-state index in [4.69, 9.17) is 19.9 Å². The molecule has 0 aliphatic carbocycles. The summed E-state index contributed by atoms with van der Waals surface area (Å²) >= 11 is 1.67. The van der Waals surface area contributed by atoms with Crippen LogP contribution in [0.15, 0.2) is 0 Å². The van der Waals surface area contributed by atoms with Crippen LogP contribution in [0, 0.1) is 0 Å². The summed E-state index contributed by atoms with van der Waals surface area (Å²) < 4.78 is 15.1. The van der Waals surface area contributed by atoms with Gasteiger partial charge in [0.2, 0.25) is 0 Å². The zero-order valence-electron chi connectivity index (χ0n) is 10.6. The minimum atomic E-state index is -0.503. The third kappa shape index (κ3) is 10.6. The molecule has 0 aromatic heterocycles. The third-order valence-electron chi connectivity index (χ3n) is 2.04. The molecule has 0 bridgehead atoms. The summed E-state index contributed by atoms with van der Waals surface area (Å²) in [5, 5.41) is 0. The van der Waals surface area contributed by atoms with Crippen molar-refractivity contribution in [2.45, 2.75) is 18.9 Å². The van der Waals surface area contributed by atoms with E-state index in [1.165, 1.54) is 0 Å². The normalized spacial score (nSPS) is 12.4. The fraction of sp³-hybridized carbons (Fsp3) is 0.909. The highest BCUT2D eigenvalue weighted by Gasteiger charge is 2.13. The summed E-state index contributed by atoms with van der Waals surface area (Å²) in [5.74, 6) is 0.548. The maximum atomic E-state index is 11.4. The molecule has 0 heterocycles. The molecule has 0 aromatic rings. The Bertz CT molecular complexity index is 192. The number of rotatable bonds is 11. The van der Waals surface area contributed by atoms with Gasteiger partial charge in [-0.2, -0.15) is 11.8 Å². The lowest BCUT2D eigenvalue weighted by atomic mass is 10.2. The van der Waals surface area contributed by atoms with E-state index in [9.17, 15) is 4.79 Å². The van der Waals surface area contributed by atoms with E-state index in [2.05, 4.69) is 0 Å². The zero-order chi connectivity index (χ0) is 12.9. The summed E-state index contributed by atoms with van der Waals surface area (Å²) in [7, 11) is 1.63. The number of thioether (sulfide) groups is 1. The van der Waals surface area contributed by atoms with Crippen molar-refractivity contribution in [3.63, 3.8) is 0 Å². The Morgan fingerprint density at radius 1 is 1.29 bits per heavy atom. The average Bonchev–Trinajstić information content (AvgIpc) is 2.34. The lowest BCUT2D eigenvalue weighted by molar-refractivity contribution is -0.145. The first-order valence-corrected chi connectivity index (χ1v) is 7.09. The molecule has 0 saturated heterocycles. The largest absolute Gasteiger partial charge is 0.464 e. The Balaban J connectivity index is 3.32. The Morgan fingerprint density at radius 2 is 2.06 bits per heavy atom. The summed E-state index contributed by atoms with van der Waals surface area (Å²) in [6, 6.07) is -0.503. The molecule has 6 heteroatoms. The van der Waals surface area contributed by atoms with E-state index in [0.29, 0.717) is 39.3 Å². The average molecular weight is 265 g/mol. The van der Waals surface area contributed by atoms with E-state index in [1.807, 2.05) is 6.26 Å². The van der Waals surface area contributed by atoms with Gasteiger partial charge in [-0.15, -0.1) is 0 Å². The van der Waals surface area contributed by atoms with Crippen molar-refractivity contribution in [1.29, 1.82) is 0 Å². The molecule has 102 valence electrons. The smallest absolute Gasteiger partial charge is 0.322 e. The van der Waals surface area contributed by atoms with Crippen LogP contribution in [0.3, 0.4) is 0 Å². The minimum Gasteiger partial charge on any atom is -0.464 e. The van der Waals surface area contributed by atoms with Crippen molar-refractivity contribution in [3.8, 4) is 0 Å². The molecule has 0 aromatic carbocycles. The molecule has 0 spiro atoms. The number of methoxy groups -OCH3 is 1. The van der Waals surface area contributed by atoms with Crippen molar-refractivity contribution in [1.82, 2.24) is 0 Å². The molecule has 0 amide bonds. The third-order valence-corrected chi connectivity index (χ3v) is 2.69. The first kappa shape index (κ1) is 16.7. The molecule has 2 N–H and O–H groups in total. The van der Waals surface area contributed by atoms with Crippen LogP contribution in [0.1, 0.15) is 12.8 Å². The number of ether oxygens (including phenoxy) is 3. The maximum absolute atomic E-state index is 11.4. The second kappa shape index (κ2) is 12.2. The number of esters is 1. The van der Waals surface area contributed by atoms with Crippen LogP contribution in [0.2, 0.25) is 0 Å². The van der Waals surface area contributed by atoms with Gasteiger partial charge in [-0.25, -0.2) is 0 Å². The molecule has 1 unspecified atom stereocenters. The topological polar surface area (TPSA) is 70.8 Å². The van der Waals surface area contributed by atoms with E-state index in [1.54, 1.807) is 18.9 Å². The molecule has 0 fully saturated rings. The van der Waals surface area contributed by atoms with Crippen LogP contribution in [-0.4, -0.2) is 57.6 Å². The Kier molecular flexibility index (Phi) is 12.0. The van der Waals surface area contributed by atoms with Gasteiger partial charge in [0.15, 0.2) is 0 Å². The second-order valence-electron chi connectivity index (χ2n) is 3.51. The van der Waals surface area contributed by atoms with Gasteiger partial charge in [0.1, 0.15) is 6.04 Å². The van der Waals surface area contributed by atoms with Gasteiger partial charge < -0.3 is 19.9 Å². The van der Waals surface area contributed by atoms with Crippen molar-refractivity contribution >= 4 is 17.7 Å². The number of nitrogens with two attached hydrogens (primary N) is 1. The van der Waals surface area contributed by atoms with Crippen LogP contribution in [0.5, 0.6) is 0 Å². The molecule has 1 atom stereocenters. The van der Waals surface area contributed by atoms with Gasteiger partial charge in [0.25, 0.3) is 0 Å². The fourth-order valence-corrected chi connectivity index (χ4v) is 1.54. The van der Waals surface area contributed by atoms with Gasteiger partial charge in [-0.1, -0.05) is 0 Å². The number of carbonyl (C=O) groups is 1. The number of hydrogen-bond donors (Lipinski definition) is 1. The van der Waals surface area contributed by atoms with E-state index in [0.717, 1.165) is 5.75 Å². The first-order chi connectivity index (χ1) is 8.22. The van der Waals surface area contributed by atoms with Crippen molar-refractivity contribution in [3.05, 3.63) is 0 Å². The second-order valence-corrected chi connectivity index (χ2v) is 4.50. The predicted octanol–water partition coefficient (Wildman–Crippen LogP) is 0.663. The number of carbonyl (C=O) groups excluding carboxylic acids is 1. The molecule has 0 rings (SSSR count). The first-order valence-electron chi connectivity index (χ1n) is 5.70. The molecular formula is C11H23NO4S. The highest BCUT2D eigenvalue weighted by molar-refractivity contribution is 7.98. The molecule has 0 aliphatic rings. The van der Waals surface area contributed by atoms with E-state index in [-0.39, 0.29) is 5.97 Å². The van der Waals surface area contributed by atoms with Gasteiger partial charge in [0.05, 0.1) is 19.8 Å². The Morgan fingerprint density at radius 3 is 2.71 bits per heavy atom. The van der Waals surface area contributed by atoms with Crippen LogP contribution in [0.4, 0.5) is 0 Å². The van der Waals surface area contributed by atoms with Gasteiger partial charge in [-0.3, -0.25) is 4.79 Å². The van der Waals surface area contributed by atoms with Crippen molar-refractivity contribution in [2.75, 3.05) is 45.5 Å². The van der Waals surface area contributed by atoms with Gasteiger partial charge in [-0.05, 0) is 18.4 Å². The van der Waals surface area contributed by atoms with Gasteiger partial charge in [0, 0.05) is 20.1 Å². The molecule has 0 radical (unpaired) electrons. The molecular weight excluding hydrogens is 242 g/mol. The zero-order valence-corrected chi connectivity index (χ0v) is 11.5. The molecule has 0 aliphatic heterocycles. The highest BCUT2D eigenvalue weighted by atomic mass is 32.2. The van der Waals surface area contributed by atoms with E-state index >= 15 is 0 Å². The van der Waals surface area contributed by atoms with Crippen molar-refractivity contribution < 1.29 is 19.0 Å². The summed E-state index contributed by atoms with van der Waals surface area (Å²) in [6.07, 6.45) is 3.32. The fourth-order valence-electron chi connectivity index (χ4n) is 1.05. The molecule has 5 nitrogen and oxygen atoms in total. The lowest BCUT2D eigenvalue weighted by Gasteiger charge is -2.10. The standard InChI is InChI=1S/C11H23NO4S/c1-14-7-8-15-5-3-6-16-11(13)10(12)4-9-17-2/h10H,3-9,12H2,1-2H3. The maximum Gasteiger partial charge on any atom is 0.322 e. The van der Waals surface area contributed by atoms with Crippen LogP contribution < -0.4 is 5.73 Å². The van der Waals surface area contributed by atoms with E-state index < -0.39 is 6.04 Å². The minimum absolute atomic E-state index is 0.323. The lowest BCUT2D eigenvalue weighted by Crippen LogP contribution is -2.33. The summed E-state index contributed by atoms with van der Waals surface area (Å²) in [4.78, 5) is 11.4. The molecule has 0 saturated carbocycles. The monoisotopic (exact) mass is 265 g/mol. The predicted molar refractivity (Wildman–Crippen MR) is 69.2 cm³/mol. The SMILES string of the molecule is COCCOCCCOC(=O)C(N)CCSC.